The molecule has 1 aliphatic rings. The minimum absolute atomic E-state index is 0.0970. The number of ketones is 1. The number of amides is 3. The number of allylic oxidation sites excluding steroid dienone is 1. The molecule has 3 amide bonds. The Bertz CT molecular complexity index is 1590. The fourth-order valence-corrected chi connectivity index (χ4v) is 4.24. The van der Waals surface area contributed by atoms with Crippen LogP contribution in [0.15, 0.2) is 66.6 Å². The molecule has 11 heteroatoms. The number of anilines is 1. The van der Waals surface area contributed by atoms with Gasteiger partial charge in [-0.3, -0.25) is 14.9 Å². The van der Waals surface area contributed by atoms with Crippen LogP contribution in [0, 0.1) is 11.6 Å². The molecule has 2 heterocycles. The molecule has 2 N–H and O–H groups in total. The number of hydrogen-bond acceptors (Lipinski definition) is 6. The van der Waals surface area contributed by atoms with Gasteiger partial charge in [0.2, 0.25) is 11.8 Å². The minimum atomic E-state index is -0.844. The molecular formula is C28H23F2N5O4. The number of hydrogen-bond donors (Lipinski definition) is 2. The predicted octanol–water partition coefficient (Wildman–Crippen LogP) is 5.22. The summed E-state index contributed by atoms with van der Waals surface area (Å²) in [6.45, 7) is 0. The van der Waals surface area contributed by atoms with Gasteiger partial charge < -0.3 is 10.1 Å². The largest absolute Gasteiger partial charge is 0.434 e. The van der Waals surface area contributed by atoms with Crippen molar-refractivity contribution >= 4 is 35.0 Å². The van der Waals surface area contributed by atoms with Gasteiger partial charge in [-0.25, -0.2) is 18.1 Å². The fraction of sp³-hybridized carbons (Fsp3) is 0.179. The summed E-state index contributed by atoms with van der Waals surface area (Å²) in [7, 11) is 0. The van der Waals surface area contributed by atoms with Crippen LogP contribution in [0.3, 0.4) is 0 Å². The van der Waals surface area contributed by atoms with Crippen LogP contribution in [0.2, 0.25) is 0 Å². The van der Waals surface area contributed by atoms with Crippen molar-refractivity contribution in [3.05, 3.63) is 89.4 Å². The van der Waals surface area contributed by atoms with Gasteiger partial charge in [0.1, 0.15) is 23.4 Å². The lowest BCUT2D eigenvalue weighted by atomic mass is 9.92. The lowest BCUT2D eigenvalue weighted by Crippen LogP contribution is -2.35. The molecule has 0 aliphatic heterocycles. The molecule has 198 valence electrons. The number of nitrogens with one attached hydrogen (secondary N) is 2. The molecule has 0 atom stereocenters. The molecule has 1 saturated carbocycles. The second kappa shape index (κ2) is 11.2. The Hall–Kier alpha value is -4.93. The van der Waals surface area contributed by atoms with E-state index in [2.05, 4.69) is 20.7 Å². The van der Waals surface area contributed by atoms with Gasteiger partial charge in [-0.05, 0) is 48.7 Å². The zero-order valence-corrected chi connectivity index (χ0v) is 20.6. The van der Waals surface area contributed by atoms with Crippen LogP contribution >= 0.6 is 0 Å². The molecule has 1 aliphatic carbocycles. The quantitative estimate of drug-likeness (QED) is 0.353. The summed E-state index contributed by atoms with van der Waals surface area (Å²) in [5.74, 6) is -1.54. The number of ether oxygens (including phenoxy) is 1. The van der Waals surface area contributed by atoms with E-state index in [0.29, 0.717) is 36.8 Å². The van der Waals surface area contributed by atoms with Crippen LogP contribution < -0.4 is 15.4 Å². The highest BCUT2D eigenvalue weighted by molar-refractivity contribution is 6.01. The van der Waals surface area contributed by atoms with Gasteiger partial charge >= 0.3 is 6.03 Å². The van der Waals surface area contributed by atoms with Gasteiger partial charge in [-0.1, -0.05) is 23.8 Å². The highest BCUT2D eigenvalue weighted by Crippen LogP contribution is 2.32. The maximum Gasteiger partial charge on any atom is 0.325 e. The number of halogens is 2. The molecule has 39 heavy (non-hydrogen) atoms. The van der Waals surface area contributed by atoms with E-state index in [4.69, 9.17) is 4.74 Å². The second-order valence-corrected chi connectivity index (χ2v) is 9.02. The van der Waals surface area contributed by atoms with Crippen molar-refractivity contribution < 1.29 is 27.9 Å². The monoisotopic (exact) mass is 531 g/mol. The Morgan fingerprint density at radius 2 is 1.79 bits per heavy atom. The molecule has 5 rings (SSSR count). The van der Waals surface area contributed by atoms with Crippen molar-refractivity contribution in [3.63, 3.8) is 0 Å². The SMILES string of the molecule is O=C1CCC(=Cc2ccn3ncnc(Oc4ccc(NC(=O)NC(=O)Cc5ccc(F)cc5)cc4F)c23)CC1. The zero-order chi connectivity index (χ0) is 27.4. The van der Waals surface area contributed by atoms with E-state index in [-0.39, 0.29) is 29.5 Å². The Labute approximate surface area is 221 Å². The van der Waals surface area contributed by atoms with E-state index in [0.717, 1.165) is 17.2 Å². The van der Waals surface area contributed by atoms with E-state index >= 15 is 0 Å². The van der Waals surface area contributed by atoms with Crippen LogP contribution in [-0.2, 0) is 16.0 Å². The van der Waals surface area contributed by atoms with Crippen molar-refractivity contribution in [1.29, 1.82) is 0 Å². The van der Waals surface area contributed by atoms with Gasteiger partial charge in [0.15, 0.2) is 11.6 Å². The van der Waals surface area contributed by atoms with Crippen LogP contribution in [0.1, 0.15) is 36.8 Å². The van der Waals surface area contributed by atoms with Crippen LogP contribution in [0.4, 0.5) is 19.3 Å². The van der Waals surface area contributed by atoms with E-state index in [9.17, 15) is 23.2 Å². The number of fused-ring (bicyclic) bond motifs is 1. The molecule has 9 nitrogen and oxygen atoms in total. The van der Waals surface area contributed by atoms with Crippen molar-refractivity contribution in [1.82, 2.24) is 19.9 Å². The van der Waals surface area contributed by atoms with E-state index in [1.54, 1.807) is 10.7 Å². The molecule has 0 unspecified atom stereocenters. The highest BCUT2D eigenvalue weighted by atomic mass is 19.1. The van der Waals surface area contributed by atoms with Crippen LogP contribution in [-0.4, -0.2) is 32.3 Å². The standard InChI is InChI=1S/C28H23F2N5O4/c29-20-5-1-18(2-6-20)14-25(37)34-28(38)33-21-7-10-24(23(30)15-21)39-27-26-19(11-12-35(26)32-16-31-27)13-17-3-8-22(36)9-4-17/h1-2,5-7,10-13,15-16H,3-4,8-9,14H2,(H2,33,34,37,38). The molecule has 0 spiro atoms. The normalized spacial score (nSPS) is 13.3. The number of benzene rings is 2. The van der Waals surface area contributed by atoms with E-state index in [1.807, 2.05) is 12.1 Å². The molecule has 2 aromatic heterocycles. The minimum Gasteiger partial charge on any atom is -0.434 e. The Kier molecular flexibility index (Phi) is 7.39. The molecule has 2 aromatic carbocycles. The number of urea groups is 1. The summed E-state index contributed by atoms with van der Waals surface area (Å²) in [6.07, 6.45) is 7.30. The maximum absolute atomic E-state index is 14.9. The van der Waals surface area contributed by atoms with Gasteiger partial charge in [-0.15, -0.1) is 0 Å². The van der Waals surface area contributed by atoms with Gasteiger partial charge in [0.25, 0.3) is 0 Å². The molecular weight excluding hydrogens is 508 g/mol. The molecule has 0 bridgehead atoms. The lowest BCUT2D eigenvalue weighted by Gasteiger charge is -2.13. The third-order valence-electron chi connectivity index (χ3n) is 6.19. The summed E-state index contributed by atoms with van der Waals surface area (Å²) in [5, 5.41) is 8.72. The van der Waals surface area contributed by atoms with E-state index < -0.39 is 23.6 Å². The first-order valence-electron chi connectivity index (χ1n) is 12.2. The zero-order valence-electron chi connectivity index (χ0n) is 20.6. The summed E-state index contributed by atoms with van der Waals surface area (Å²) >= 11 is 0. The predicted molar refractivity (Wildman–Crippen MR) is 138 cm³/mol. The maximum atomic E-state index is 14.9. The van der Waals surface area contributed by atoms with Crippen LogP contribution in [0.25, 0.3) is 11.6 Å². The third-order valence-corrected chi connectivity index (χ3v) is 6.19. The molecule has 1 fully saturated rings. The third kappa shape index (κ3) is 6.32. The number of nitrogens with zero attached hydrogens (tertiary/aromatic N) is 3. The molecule has 0 saturated heterocycles. The summed E-state index contributed by atoms with van der Waals surface area (Å²) < 4.78 is 35.3. The number of Topliss-reactive ketones (excluding diaryl/α,β-unsaturated/α-hetero) is 1. The number of imide groups is 1. The van der Waals surface area contributed by atoms with Gasteiger partial charge in [0, 0.05) is 36.4 Å². The average Bonchev–Trinajstić information content (AvgIpc) is 3.32. The molecule has 4 aromatic rings. The molecule has 0 radical (unpaired) electrons. The summed E-state index contributed by atoms with van der Waals surface area (Å²) in [5.41, 5.74) is 3.09. The Morgan fingerprint density at radius 3 is 2.54 bits per heavy atom. The van der Waals surface area contributed by atoms with Crippen LogP contribution in [0.5, 0.6) is 11.6 Å². The fourth-order valence-electron chi connectivity index (χ4n) is 4.24. The second-order valence-electron chi connectivity index (χ2n) is 9.02. The smallest absolute Gasteiger partial charge is 0.325 e. The average molecular weight is 532 g/mol. The van der Waals surface area contributed by atoms with Crippen molar-refractivity contribution in [2.75, 3.05) is 5.32 Å². The first kappa shape index (κ1) is 25.7. The Morgan fingerprint density at radius 1 is 1.03 bits per heavy atom. The summed E-state index contributed by atoms with van der Waals surface area (Å²) in [6, 6.07) is 10.1. The first-order valence-corrected chi connectivity index (χ1v) is 12.2. The number of rotatable bonds is 6. The number of carbonyl (C=O) groups excluding carboxylic acids is 3. The summed E-state index contributed by atoms with van der Waals surface area (Å²) in [4.78, 5) is 40.0. The first-order chi connectivity index (χ1) is 18.8. The highest BCUT2D eigenvalue weighted by Gasteiger charge is 2.17. The van der Waals surface area contributed by atoms with Crippen molar-refractivity contribution in [2.24, 2.45) is 0 Å². The van der Waals surface area contributed by atoms with Crippen molar-refractivity contribution in [3.8, 4) is 11.6 Å². The lowest BCUT2D eigenvalue weighted by molar-refractivity contribution is -0.120. The number of carbonyl (C=O) groups is 3. The van der Waals surface area contributed by atoms with Gasteiger partial charge in [-0.2, -0.15) is 10.1 Å². The van der Waals surface area contributed by atoms with Gasteiger partial charge in [0.05, 0.1) is 6.42 Å². The van der Waals surface area contributed by atoms with E-state index in [1.165, 1.54) is 42.7 Å². The number of aromatic nitrogens is 3. The topological polar surface area (TPSA) is 115 Å². The van der Waals surface area contributed by atoms with Crippen molar-refractivity contribution in [2.45, 2.75) is 32.1 Å². The Balaban J connectivity index is 1.26.